The van der Waals surface area contributed by atoms with Crippen LogP contribution in [-0.2, 0) is 121 Å². The quantitative estimate of drug-likeness (QED) is 0.208. The maximum absolute atomic E-state index is 8.60. The van der Waals surface area contributed by atoms with Crippen LogP contribution in [0.4, 0.5) is 0 Å². The third-order valence-corrected chi connectivity index (χ3v) is 0. The van der Waals surface area contributed by atoms with Crippen LogP contribution in [0.25, 0.3) is 0 Å². The first-order chi connectivity index (χ1) is 6.93. The molecule has 2 radical (unpaired) electrons. The molecule has 0 unspecified atom stereocenters. The Kier molecular flexibility index (Phi) is 66.0. The predicted octanol–water partition coefficient (Wildman–Crippen LogP) is -6.10. The molecule has 12 nitrogen and oxygen atoms in total. The van der Waals surface area contributed by atoms with E-state index in [9.17, 15) is 0 Å². The standard InChI is InChI=1S/4Nb.12O.Pb.Zn/q;;;;;;;;;;;;4*-1;2*+2. The molecule has 0 aromatic carbocycles. The van der Waals surface area contributed by atoms with Crippen molar-refractivity contribution in [1.29, 1.82) is 0 Å². The molecular weight excluding hydrogens is 836 g/mol. The van der Waals surface area contributed by atoms with Gasteiger partial charge in [-0.1, -0.05) is 0 Å². The minimum Gasteiger partial charge on any atom is 2.00 e. The van der Waals surface area contributed by atoms with E-state index in [4.69, 9.17) is 40.5 Å². The zero-order valence-electron chi connectivity index (χ0n) is 7.89. The van der Waals surface area contributed by atoms with Crippen LogP contribution in [0.15, 0.2) is 0 Å². The Hall–Kier alpha value is 2.75. The summed E-state index contributed by atoms with van der Waals surface area (Å²) < 4.78 is 103. The monoisotopic (exact) mass is 835 g/mol. The Morgan fingerprint density at radius 1 is 0.444 bits per heavy atom. The average Bonchev–Trinajstić information content (AvgIpc) is 1.76. The molecule has 18 heavy (non-hydrogen) atoms. The van der Waals surface area contributed by atoms with Crippen molar-refractivity contribution < 1.29 is 135 Å². The molecule has 0 saturated heterocycles. The van der Waals surface area contributed by atoms with E-state index in [2.05, 4.69) is 0 Å². The minimum absolute atomic E-state index is 0. The molecule has 0 fully saturated rings. The molecule has 0 aliphatic heterocycles. The Balaban J connectivity index is -0.0000000257. The topological polar surface area (TPSA) is 229 Å². The molecule has 0 N–H and O–H groups in total. The van der Waals surface area contributed by atoms with Gasteiger partial charge in [0.15, 0.2) is 0 Å². The zero-order chi connectivity index (χ0) is 14.3. The Morgan fingerprint density at radius 3 is 0.444 bits per heavy atom. The smallest absolute Gasteiger partial charge is 2.00 e. The Morgan fingerprint density at radius 2 is 0.444 bits per heavy atom. The molecule has 0 heterocycles. The van der Waals surface area contributed by atoms with Gasteiger partial charge in [0.2, 0.25) is 0 Å². The van der Waals surface area contributed by atoms with E-state index in [1.54, 1.807) is 0 Å². The van der Waals surface area contributed by atoms with Crippen molar-refractivity contribution in [3.63, 3.8) is 0 Å². The maximum Gasteiger partial charge on any atom is 2.00 e. The summed E-state index contributed by atoms with van der Waals surface area (Å²) in [5, 5.41) is 0. The third kappa shape index (κ3) is 783. The van der Waals surface area contributed by atoms with E-state index in [1.165, 1.54) is 0 Å². The second-order valence-electron chi connectivity index (χ2n) is 0.894. The fourth-order valence-corrected chi connectivity index (χ4v) is 0. The van der Waals surface area contributed by atoms with Crippen LogP contribution in [0.3, 0.4) is 0 Å². The number of hydrogen-bond acceptors (Lipinski definition) is 12. The van der Waals surface area contributed by atoms with Crippen LogP contribution in [-0.4, -0.2) is 27.3 Å². The van der Waals surface area contributed by atoms with Crippen molar-refractivity contribution in [3.05, 3.63) is 0 Å². The first-order valence-electron chi connectivity index (χ1n) is 2.19. The Bertz CT molecular complexity index is 298. The molecule has 0 rings (SSSR count). The number of rotatable bonds is 0. The first-order valence-corrected chi connectivity index (χ1v) is 13.0. The minimum atomic E-state index is -4.20. The molecule has 18 heteroatoms. The maximum atomic E-state index is 8.60. The van der Waals surface area contributed by atoms with Gasteiger partial charge in [-0.25, -0.2) is 0 Å². The molecule has 0 spiro atoms. The summed E-state index contributed by atoms with van der Waals surface area (Å²) >= 11 is -16.8. The van der Waals surface area contributed by atoms with Gasteiger partial charge in [0.25, 0.3) is 0 Å². The van der Waals surface area contributed by atoms with Crippen molar-refractivity contribution in [2.45, 2.75) is 0 Å². The molecule has 0 atom stereocenters. The van der Waals surface area contributed by atoms with Crippen LogP contribution in [0.5, 0.6) is 0 Å². The van der Waals surface area contributed by atoms with Gasteiger partial charge in [-0.2, -0.15) is 0 Å². The van der Waals surface area contributed by atoms with E-state index in [0.717, 1.165) is 0 Å². The molecule has 0 aliphatic carbocycles. The van der Waals surface area contributed by atoms with Gasteiger partial charge in [-0.3, -0.25) is 0 Å². The third-order valence-electron chi connectivity index (χ3n) is 0. The van der Waals surface area contributed by atoms with Crippen LogP contribution >= 0.6 is 0 Å². The molecule has 0 aromatic heterocycles. The average molecular weight is 836 g/mol. The summed E-state index contributed by atoms with van der Waals surface area (Å²) in [6, 6.07) is 0. The molecule has 0 saturated carbocycles. The summed E-state index contributed by atoms with van der Waals surface area (Å²) in [7, 11) is 0. The van der Waals surface area contributed by atoms with Crippen LogP contribution in [0, 0.1) is 0 Å². The fourth-order valence-electron chi connectivity index (χ4n) is 0. The van der Waals surface area contributed by atoms with Gasteiger partial charge < -0.3 is 0 Å². The normalized spacial score (nSPS) is 5.56. The van der Waals surface area contributed by atoms with Crippen molar-refractivity contribution in [3.8, 4) is 0 Å². The second kappa shape index (κ2) is 31.9. The summed E-state index contributed by atoms with van der Waals surface area (Å²) in [6.07, 6.45) is 0. The van der Waals surface area contributed by atoms with Crippen molar-refractivity contribution in [2.75, 3.05) is 0 Å². The Labute approximate surface area is 159 Å². The molecule has 0 aromatic rings. The van der Waals surface area contributed by atoms with Gasteiger partial charge in [0.1, 0.15) is 0 Å². The van der Waals surface area contributed by atoms with Crippen LogP contribution in [0.2, 0.25) is 0 Å². The van der Waals surface area contributed by atoms with E-state index in [-0.39, 0.29) is 46.8 Å². The molecule has 0 bridgehead atoms. The van der Waals surface area contributed by atoms with Gasteiger partial charge in [0, 0.05) is 0 Å². The van der Waals surface area contributed by atoms with E-state index in [1.807, 2.05) is 0 Å². The van der Waals surface area contributed by atoms with Crippen molar-refractivity contribution in [2.24, 2.45) is 0 Å². The van der Waals surface area contributed by atoms with Crippen molar-refractivity contribution in [1.82, 2.24) is 0 Å². The van der Waals surface area contributed by atoms with E-state index >= 15 is 0 Å². The number of hydrogen-bond donors (Lipinski definition) is 0. The SMILES string of the molecule is [O]=[Nb](=[O])[O-].[O]=[Nb](=[O])[O-].[O]=[Nb](=[O])[O-].[O]=[Nb](=[O])[O-].[Pb+2].[Zn+2]. The largest absolute Gasteiger partial charge is 2.00 e. The predicted molar refractivity (Wildman–Crippen MR) is 11.2 cm³/mol. The van der Waals surface area contributed by atoms with Crippen LogP contribution < -0.4 is 14.5 Å². The van der Waals surface area contributed by atoms with E-state index < -0.39 is 75.1 Å². The van der Waals surface area contributed by atoms with E-state index in [0.29, 0.717) is 0 Å². The molecular formula is Nb4O12PbZn. The second-order valence-corrected chi connectivity index (χ2v) is 5.29. The fraction of sp³-hybridized carbons (Fsp3) is 0. The van der Waals surface area contributed by atoms with Crippen molar-refractivity contribution >= 4 is 27.3 Å². The van der Waals surface area contributed by atoms with Gasteiger partial charge >= 0.3 is 162 Å². The first kappa shape index (κ1) is 37.2. The molecule has 98 valence electrons. The summed E-state index contributed by atoms with van der Waals surface area (Å²) in [6.45, 7) is 0. The molecule has 0 amide bonds. The van der Waals surface area contributed by atoms with Crippen LogP contribution in [0.1, 0.15) is 0 Å². The summed E-state index contributed by atoms with van der Waals surface area (Å²) in [5.41, 5.74) is 0. The van der Waals surface area contributed by atoms with Gasteiger partial charge in [-0.05, 0) is 0 Å². The van der Waals surface area contributed by atoms with Gasteiger partial charge in [-0.15, -0.1) is 0 Å². The summed E-state index contributed by atoms with van der Waals surface area (Å²) in [5.74, 6) is 0. The van der Waals surface area contributed by atoms with Gasteiger partial charge in [0.05, 0.1) is 0 Å². The molecule has 0 aliphatic rings. The summed E-state index contributed by atoms with van der Waals surface area (Å²) in [4.78, 5) is 0. The zero-order valence-corrected chi connectivity index (χ0v) is 23.5.